The summed E-state index contributed by atoms with van der Waals surface area (Å²) in [4.78, 5) is 25.4. The van der Waals surface area contributed by atoms with Crippen LogP contribution in [0.5, 0.6) is 0 Å². The highest BCUT2D eigenvalue weighted by Gasteiger charge is 2.32. The van der Waals surface area contributed by atoms with Crippen molar-refractivity contribution in [2.75, 3.05) is 25.5 Å². The van der Waals surface area contributed by atoms with Crippen LogP contribution in [0.15, 0.2) is 24.3 Å². The van der Waals surface area contributed by atoms with Crippen LogP contribution in [0, 0.1) is 5.82 Å². The van der Waals surface area contributed by atoms with E-state index in [9.17, 15) is 14.0 Å². The molecule has 0 saturated carbocycles. The van der Waals surface area contributed by atoms with Gasteiger partial charge in [0.15, 0.2) is 0 Å². The summed E-state index contributed by atoms with van der Waals surface area (Å²) in [5, 5.41) is 2.55. The smallest absolute Gasteiger partial charge is 0.251 e. The first-order valence-electron chi connectivity index (χ1n) is 7.15. The number of likely N-dealkylation sites (N-methyl/N-ethyl adjacent to an activating group) is 1. The second kappa shape index (κ2) is 7.33. The molecule has 2 rings (SSSR count). The van der Waals surface area contributed by atoms with Gasteiger partial charge in [-0.25, -0.2) is 4.39 Å². The van der Waals surface area contributed by atoms with Crippen molar-refractivity contribution < 1.29 is 18.7 Å². The summed E-state index contributed by atoms with van der Waals surface area (Å²) in [6, 6.07) is 5.58. The van der Waals surface area contributed by atoms with Gasteiger partial charge in [-0.05, 0) is 31.0 Å². The number of carbonyl (C=O) groups excluding carboxylic acids is 2. The van der Waals surface area contributed by atoms with Crippen molar-refractivity contribution >= 4 is 17.5 Å². The summed E-state index contributed by atoms with van der Waals surface area (Å²) in [5.74, 6) is -1.07. The molecule has 6 nitrogen and oxygen atoms in total. The Kier molecular flexibility index (Phi) is 5.46. The Hall–Kier alpha value is -1.99. The minimum Gasteiger partial charge on any atom is -0.364 e. The van der Waals surface area contributed by atoms with Crippen molar-refractivity contribution in [3.05, 3.63) is 30.1 Å². The molecule has 0 bridgehead atoms. The van der Waals surface area contributed by atoms with E-state index in [0.717, 1.165) is 6.42 Å². The average molecular weight is 309 g/mol. The number of amides is 2. The predicted octanol–water partition coefficient (Wildman–Crippen LogP) is 0.729. The molecule has 2 atom stereocenters. The summed E-state index contributed by atoms with van der Waals surface area (Å²) < 4.78 is 18.6. The Morgan fingerprint density at radius 3 is 2.86 bits per heavy atom. The van der Waals surface area contributed by atoms with E-state index in [-0.39, 0.29) is 18.6 Å². The molecule has 1 aromatic rings. The lowest BCUT2D eigenvalue weighted by atomic mass is 10.2. The Morgan fingerprint density at radius 1 is 1.45 bits per heavy atom. The summed E-state index contributed by atoms with van der Waals surface area (Å²) in [6.45, 7) is 0.260. The van der Waals surface area contributed by atoms with Gasteiger partial charge in [0.05, 0.1) is 12.6 Å². The van der Waals surface area contributed by atoms with Gasteiger partial charge in [-0.15, -0.1) is 0 Å². The number of carbonyl (C=O) groups is 2. The molecule has 7 heteroatoms. The molecule has 1 fully saturated rings. The number of benzene rings is 1. The summed E-state index contributed by atoms with van der Waals surface area (Å²) in [5.41, 5.74) is 5.86. The molecule has 0 radical (unpaired) electrons. The third-order valence-corrected chi connectivity index (χ3v) is 3.51. The summed E-state index contributed by atoms with van der Waals surface area (Å²) in [6.07, 6.45) is 0.719. The van der Waals surface area contributed by atoms with E-state index >= 15 is 0 Å². The predicted molar refractivity (Wildman–Crippen MR) is 79.6 cm³/mol. The fourth-order valence-corrected chi connectivity index (χ4v) is 2.37. The summed E-state index contributed by atoms with van der Waals surface area (Å²) in [7, 11) is 1.53. The summed E-state index contributed by atoms with van der Waals surface area (Å²) >= 11 is 0. The number of hydrogen-bond acceptors (Lipinski definition) is 4. The number of nitrogens with one attached hydrogen (secondary N) is 1. The number of anilines is 1. The van der Waals surface area contributed by atoms with Crippen LogP contribution in [0.1, 0.15) is 12.8 Å². The molecule has 1 aliphatic heterocycles. The SMILES string of the molecule is CN(CC(=O)Nc1cccc(F)c1)C(=O)[C@@H]1CC[C@H](CN)O1. The van der Waals surface area contributed by atoms with Gasteiger partial charge in [-0.3, -0.25) is 9.59 Å². The van der Waals surface area contributed by atoms with E-state index in [4.69, 9.17) is 10.5 Å². The lowest BCUT2D eigenvalue weighted by molar-refractivity contribution is -0.143. The maximum absolute atomic E-state index is 13.0. The van der Waals surface area contributed by atoms with Crippen LogP contribution in [-0.2, 0) is 14.3 Å². The number of nitrogens with zero attached hydrogens (tertiary/aromatic N) is 1. The van der Waals surface area contributed by atoms with Crippen LogP contribution in [-0.4, -0.2) is 49.1 Å². The van der Waals surface area contributed by atoms with Crippen molar-refractivity contribution in [2.45, 2.75) is 25.0 Å². The van der Waals surface area contributed by atoms with Crippen molar-refractivity contribution in [3.63, 3.8) is 0 Å². The fraction of sp³-hybridized carbons (Fsp3) is 0.467. The molecule has 120 valence electrons. The Bertz CT molecular complexity index is 553. The van der Waals surface area contributed by atoms with Gasteiger partial charge in [0.2, 0.25) is 5.91 Å². The van der Waals surface area contributed by atoms with Gasteiger partial charge in [0, 0.05) is 19.3 Å². The normalized spacial score (nSPS) is 20.7. The zero-order valence-electron chi connectivity index (χ0n) is 12.4. The third-order valence-electron chi connectivity index (χ3n) is 3.51. The van der Waals surface area contributed by atoms with Crippen LogP contribution >= 0.6 is 0 Å². The highest BCUT2D eigenvalue weighted by molar-refractivity contribution is 5.95. The Labute approximate surface area is 128 Å². The number of ether oxygens (including phenoxy) is 1. The van der Waals surface area contributed by atoms with E-state index in [1.165, 1.54) is 30.1 Å². The van der Waals surface area contributed by atoms with Gasteiger partial charge in [0.25, 0.3) is 5.91 Å². The van der Waals surface area contributed by atoms with E-state index in [2.05, 4.69) is 5.32 Å². The van der Waals surface area contributed by atoms with Gasteiger partial charge in [-0.2, -0.15) is 0 Å². The largest absolute Gasteiger partial charge is 0.364 e. The van der Waals surface area contributed by atoms with Crippen LogP contribution in [0.25, 0.3) is 0 Å². The third kappa shape index (κ3) is 4.25. The molecule has 0 aliphatic carbocycles. The lowest BCUT2D eigenvalue weighted by Gasteiger charge is -2.20. The van der Waals surface area contributed by atoms with Crippen LogP contribution in [0.4, 0.5) is 10.1 Å². The second-order valence-corrected chi connectivity index (χ2v) is 5.31. The Morgan fingerprint density at radius 2 is 2.23 bits per heavy atom. The highest BCUT2D eigenvalue weighted by atomic mass is 19.1. The number of rotatable bonds is 5. The van der Waals surface area contributed by atoms with Crippen LogP contribution < -0.4 is 11.1 Å². The fourth-order valence-electron chi connectivity index (χ4n) is 2.37. The van der Waals surface area contributed by atoms with Crippen molar-refractivity contribution in [1.29, 1.82) is 0 Å². The quantitative estimate of drug-likeness (QED) is 0.840. The molecule has 1 saturated heterocycles. The lowest BCUT2D eigenvalue weighted by Crippen LogP contribution is -2.41. The first-order valence-corrected chi connectivity index (χ1v) is 7.15. The molecule has 0 aromatic heterocycles. The minimum absolute atomic E-state index is 0.0940. The second-order valence-electron chi connectivity index (χ2n) is 5.31. The zero-order chi connectivity index (χ0) is 16.1. The average Bonchev–Trinajstić information content (AvgIpc) is 2.95. The van der Waals surface area contributed by atoms with E-state index in [0.29, 0.717) is 18.7 Å². The molecule has 3 N–H and O–H groups in total. The highest BCUT2D eigenvalue weighted by Crippen LogP contribution is 2.20. The first-order chi connectivity index (χ1) is 10.5. The van der Waals surface area contributed by atoms with Crippen molar-refractivity contribution in [2.24, 2.45) is 5.73 Å². The van der Waals surface area contributed by atoms with E-state index < -0.39 is 17.8 Å². The van der Waals surface area contributed by atoms with E-state index in [1.54, 1.807) is 6.07 Å². The zero-order valence-corrected chi connectivity index (χ0v) is 12.4. The molecule has 2 amide bonds. The van der Waals surface area contributed by atoms with Crippen LogP contribution in [0.2, 0.25) is 0 Å². The van der Waals surface area contributed by atoms with Crippen molar-refractivity contribution in [1.82, 2.24) is 4.90 Å². The maximum Gasteiger partial charge on any atom is 0.251 e. The monoisotopic (exact) mass is 309 g/mol. The topological polar surface area (TPSA) is 84.7 Å². The van der Waals surface area contributed by atoms with Gasteiger partial charge < -0.3 is 20.7 Å². The molecule has 0 spiro atoms. The van der Waals surface area contributed by atoms with Gasteiger partial charge in [0.1, 0.15) is 11.9 Å². The molecular weight excluding hydrogens is 289 g/mol. The van der Waals surface area contributed by atoms with Crippen LogP contribution in [0.3, 0.4) is 0 Å². The van der Waals surface area contributed by atoms with E-state index in [1.807, 2.05) is 0 Å². The first kappa shape index (κ1) is 16.4. The standard InChI is InChI=1S/C15H20FN3O3/c1-19(15(21)13-6-5-12(8-17)22-13)9-14(20)18-11-4-2-3-10(16)7-11/h2-4,7,12-13H,5-6,8-9,17H2,1H3,(H,18,20)/t12-,13+/m1/s1. The van der Waals surface area contributed by atoms with Gasteiger partial charge >= 0.3 is 0 Å². The molecule has 22 heavy (non-hydrogen) atoms. The number of nitrogens with two attached hydrogens (primary N) is 1. The van der Waals surface area contributed by atoms with Gasteiger partial charge in [-0.1, -0.05) is 6.07 Å². The Balaban J connectivity index is 1.84. The molecule has 0 unspecified atom stereocenters. The molecular formula is C15H20FN3O3. The molecule has 1 aromatic carbocycles. The van der Waals surface area contributed by atoms with Crippen molar-refractivity contribution in [3.8, 4) is 0 Å². The number of halogens is 1. The number of hydrogen-bond donors (Lipinski definition) is 2. The minimum atomic E-state index is -0.541. The molecule has 1 aliphatic rings. The molecule has 1 heterocycles. The maximum atomic E-state index is 13.0.